The van der Waals surface area contributed by atoms with Gasteiger partial charge in [0.25, 0.3) is 0 Å². The van der Waals surface area contributed by atoms with Crippen LogP contribution in [0.2, 0.25) is 0 Å². The minimum atomic E-state index is -0.248. The van der Waals surface area contributed by atoms with Gasteiger partial charge < -0.3 is 15.7 Å². The summed E-state index contributed by atoms with van der Waals surface area (Å²) in [5.41, 5.74) is 1.35. The number of carbonyl (C=O) groups is 1. The molecule has 2 rings (SSSR count). The molecule has 0 radical (unpaired) electrons. The normalized spacial score (nSPS) is 10.0. The van der Waals surface area contributed by atoms with Crippen LogP contribution in [-0.2, 0) is 0 Å². The van der Waals surface area contributed by atoms with E-state index in [4.69, 9.17) is 6.42 Å². The third kappa shape index (κ3) is 4.39. The number of fused-ring (bicyclic) bond motifs is 1. The highest BCUT2D eigenvalue weighted by molar-refractivity contribution is 5.92. The number of aromatic hydroxyl groups is 1. The molecule has 5 nitrogen and oxygen atoms in total. The third-order valence-electron chi connectivity index (χ3n) is 2.97. The summed E-state index contributed by atoms with van der Waals surface area (Å²) in [6.45, 7) is 0.594. The second-order valence-corrected chi connectivity index (χ2v) is 4.62. The molecule has 2 aromatic rings. The van der Waals surface area contributed by atoms with Crippen molar-refractivity contribution in [2.75, 3.05) is 11.9 Å². The van der Waals surface area contributed by atoms with E-state index in [0.29, 0.717) is 17.7 Å². The summed E-state index contributed by atoms with van der Waals surface area (Å²) in [4.78, 5) is 15.7. The number of anilines is 1. The summed E-state index contributed by atoms with van der Waals surface area (Å²) in [5, 5.41) is 15.7. The van der Waals surface area contributed by atoms with Crippen molar-refractivity contribution in [3.05, 3.63) is 30.3 Å². The van der Waals surface area contributed by atoms with Gasteiger partial charge in [0.2, 0.25) is 5.88 Å². The van der Waals surface area contributed by atoms with Crippen LogP contribution in [0.15, 0.2) is 30.3 Å². The largest absolute Gasteiger partial charge is 0.493 e. The number of terminal acetylenes is 1. The number of unbranched alkanes of at least 4 members (excludes halogenated alkanes) is 2. The zero-order chi connectivity index (χ0) is 15.1. The van der Waals surface area contributed by atoms with E-state index in [2.05, 4.69) is 21.5 Å². The summed E-state index contributed by atoms with van der Waals surface area (Å²) in [5.74, 6) is 2.54. The highest BCUT2D eigenvalue weighted by Crippen LogP contribution is 2.19. The fraction of sp³-hybridized carbons (Fsp3) is 0.250. The minimum absolute atomic E-state index is 0.0204. The van der Waals surface area contributed by atoms with Crippen molar-refractivity contribution in [2.45, 2.75) is 19.3 Å². The fourth-order valence-corrected chi connectivity index (χ4v) is 1.92. The number of aromatic nitrogens is 1. The molecular formula is C16H17N3O2. The number of carbonyl (C=O) groups excluding carboxylic acids is 1. The molecule has 0 aliphatic carbocycles. The first-order valence-electron chi connectivity index (χ1n) is 6.77. The van der Waals surface area contributed by atoms with E-state index in [1.807, 2.05) is 0 Å². The summed E-state index contributed by atoms with van der Waals surface area (Å²) in [6.07, 6.45) is 7.65. The van der Waals surface area contributed by atoms with Gasteiger partial charge in [-0.2, -0.15) is 0 Å². The van der Waals surface area contributed by atoms with Gasteiger partial charge in [-0.25, -0.2) is 9.78 Å². The number of amides is 2. The van der Waals surface area contributed by atoms with Crippen LogP contribution in [0, 0.1) is 12.3 Å². The van der Waals surface area contributed by atoms with Gasteiger partial charge in [-0.15, -0.1) is 12.3 Å². The fourth-order valence-electron chi connectivity index (χ4n) is 1.92. The van der Waals surface area contributed by atoms with Crippen LogP contribution in [0.3, 0.4) is 0 Å². The number of urea groups is 1. The number of hydrogen-bond donors (Lipinski definition) is 3. The van der Waals surface area contributed by atoms with Crippen LogP contribution in [0.1, 0.15) is 19.3 Å². The summed E-state index contributed by atoms with van der Waals surface area (Å²) >= 11 is 0. The van der Waals surface area contributed by atoms with E-state index >= 15 is 0 Å². The van der Waals surface area contributed by atoms with Crippen molar-refractivity contribution in [3.63, 3.8) is 0 Å². The SMILES string of the molecule is C#CCCCCNC(=O)Nc1ccc2nc(O)ccc2c1. The molecule has 1 aromatic heterocycles. The lowest BCUT2D eigenvalue weighted by atomic mass is 10.2. The average molecular weight is 283 g/mol. The lowest BCUT2D eigenvalue weighted by Gasteiger charge is -2.08. The first-order valence-corrected chi connectivity index (χ1v) is 6.77. The van der Waals surface area contributed by atoms with E-state index in [1.165, 1.54) is 6.07 Å². The van der Waals surface area contributed by atoms with Gasteiger partial charge in [-0.3, -0.25) is 0 Å². The smallest absolute Gasteiger partial charge is 0.319 e. The van der Waals surface area contributed by atoms with Crippen LogP contribution in [0.5, 0.6) is 5.88 Å². The van der Waals surface area contributed by atoms with Gasteiger partial charge in [-0.05, 0) is 37.1 Å². The quantitative estimate of drug-likeness (QED) is 0.583. The zero-order valence-corrected chi connectivity index (χ0v) is 11.6. The zero-order valence-electron chi connectivity index (χ0n) is 11.6. The van der Waals surface area contributed by atoms with E-state index in [-0.39, 0.29) is 11.9 Å². The second kappa shape index (κ2) is 7.15. The van der Waals surface area contributed by atoms with Crippen molar-refractivity contribution >= 4 is 22.6 Å². The number of benzene rings is 1. The molecule has 2 amide bonds. The summed E-state index contributed by atoms with van der Waals surface area (Å²) in [6, 6.07) is 8.31. The molecule has 0 unspecified atom stereocenters. The number of nitrogens with one attached hydrogen (secondary N) is 2. The molecule has 0 spiro atoms. The third-order valence-corrected chi connectivity index (χ3v) is 2.97. The van der Waals surface area contributed by atoms with Gasteiger partial charge in [0.15, 0.2) is 0 Å². The number of pyridine rings is 1. The van der Waals surface area contributed by atoms with Crippen molar-refractivity contribution in [1.29, 1.82) is 0 Å². The molecule has 1 aromatic carbocycles. The van der Waals surface area contributed by atoms with Gasteiger partial charge in [0.05, 0.1) is 5.52 Å². The predicted octanol–water partition coefficient (Wildman–Crippen LogP) is 2.87. The molecule has 1 heterocycles. The van der Waals surface area contributed by atoms with Gasteiger partial charge in [0, 0.05) is 30.1 Å². The summed E-state index contributed by atoms with van der Waals surface area (Å²) in [7, 11) is 0. The standard InChI is InChI=1S/C16H17N3O2/c1-2-3-4-5-10-17-16(21)18-13-7-8-14-12(11-13)6-9-15(20)19-14/h1,6-9,11H,3-5,10H2,(H,19,20)(H2,17,18,21). The summed E-state index contributed by atoms with van der Waals surface area (Å²) < 4.78 is 0. The molecule has 108 valence electrons. The van der Waals surface area contributed by atoms with Crippen molar-refractivity contribution in [2.24, 2.45) is 0 Å². The van der Waals surface area contributed by atoms with E-state index < -0.39 is 0 Å². The Kier molecular flexibility index (Phi) is 4.99. The first-order chi connectivity index (χ1) is 10.2. The molecule has 0 aliphatic heterocycles. The minimum Gasteiger partial charge on any atom is -0.493 e. The van der Waals surface area contributed by atoms with Crippen LogP contribution < -0.4 is 10.6 Å². The Hall–Kier alpha value is -2.74. The Morgan fingerprint density at radius 1 is 1.29 bits per heavy atom. The van der Waals surface area contributed by atoms with Crippen LogP contribution >= 0.6 is 0 Å². The maximum Gasteiger partial charge on any atom is 0.319 e. The number of rotatable bonds is 5. The second-order valence-electron chi connectivity index (χ2n) is 4.62. The molecule has 0 atom stereocenters. The highest BCUT2D eigenvalue weighted by Gasteiger charge is 2.03. The molecule has 0 bridgehead atoms. The van der Waals surface area contributed by atoms with Crippen LogP contribution in [-0.4, -0.2) is 22.7 Å². The van der Waals surface area contributed by atoms with Crippen LogP contribution in [0.4, 0.5) is 10.5 Å². The molecule has 0 saturated carbocycles. The maximum atomic E-state index is 11.7. The highest BCUT2D eigenvalue weighted by atomic mass is 16.3. The van der Waals surface area contributed by atoms with Crippen molar-refractivity contribution in [1.82, 2.24) is 10.3 Å². The maximum absolute atomic E-state index is 11.7. The lowest BCUT2D eigenvalue weighted by Crippen LogP contribution is -2.29. The Labute approximate surface area is 123 Å². The number of hydrogen-bond acceptors (Lipinski definition) is 3. The van der Waals surface area contributed by atoms with E-state index in [9.17, 15) is 9.90 Å². The van der Waals surface area contributed by atoms with Gasteiger partial charge in [0.1, 0.15) is 0 Å². The Bertz CT molecular complexity index is 677. The molecule has 3 N–H and O–H groups in total. The monoisotopic (exact) mass is 283 g/mol. The Balaban J connectivity index is 1.89. The predicted molar refractivity (Wildman–Crippen MR) is 83.1 cm³/mol. The van der Waals surface area contributed by atoms with Crippen molar-refractivity contribution in [3.8, 4) is 18.2 Å². The lowest BCUT2D eigenvalue weighted by molar-refractivity contribution is 0.252. The van der Waals surface area contributed by atoms with E-state index in [1.54, 1.807) is 24.3 Å². The molecular weight excluding hydrogens is 266 g/mol. The topological polar surface area (TPSA) is 74.2 Å². The van der Waals surface area contributed by atoms with Crippen molar-refractivity contribution < 1.29 is 9.90 Å². The first kappa shape index (κ1) is 14.7. The molecule has 0 fully saturated rings. The van der Waals surface area contributed by atoms with E-state index in [0.717, 1.165) is 24.6 Å². The molecule has 0 aliphatic rings. The molecule has 0 saturated heterocycles. The molecule has 5 heteroatoms. The Morgan fingerprint density at radius 2 is 2.14 bits per heavy atom. The van der Waals surface area contributed by atoms with Crippen LogP contribution in [0.25, 0.3) is 10.9 Å². The average Bonchev–Trinajstić information content (AvgIpc) is 2.47. The van der Waals surface area contributed by atoms with Gasteiger partial charge >= 0.3 is 6.03 Å². The number of nitrogens with zero attached hydrogens (tertiary/aromatic N) is 1. The molecule has 21 heavy (non-hydrogen) atoms. The van der Waals surface area contributed by atoms with Gasteiger partial charge in [-0.1, -0.05) is 0 Å². The Morgan fingerprint density at radius 3 is 2.95 bits per heavy atom.